The minimum Gasteiger partial charge on any atom is -0.507 e. The number of carboxylic acid groups (broad SMARTS) is 1. The Kier molecular flexibility index (Phi) is 4.34. The Bertz CT molecular complexity index is 581. The van der Waals surface area contributed by atoms with Gasteiger partial charge in [-0.15, -0.1) is 0 Å². The van der Waals surface area contributed by atoms with Crippen molar-refractivity contribution in [3.8, 4) is 5.75 Å². The first-order chi connectivity index (χ1) is 9.58. The molecular formula is C14H17N3O3. The average molecular weight is 275 g/mol. The number of benzene rings is 1. The van der Waals surface area contributed by atoms with E-state index in [1.807, 2.05) is 6.92 Å². The van der Waals surface area contributed by atoms with Crippen LogP contribution >= 0.6 is 0 Å². The van der Waals surface area contributed by atoms with Gasteiger partial charge in [0.1, 0.15) is 11.3 Å². The van der Waals surface area contributed by atoms with Crippen LogP contribution in [-0.2, 0) is 6.42 Å². The van der Waals surface area contributed by atoms with Crippen LogP contribution in [0, 0.1) is 0 Å². The summed E-state index contributed by atoms with van der Waals surface area (Å²) < 4.78 is 0. The van der Waals surface area contributed by atoms with Crippen LogP contribution in [0.1, 0.15) is 47.3 Å². The predicted octanol–water partition coefficient (Wildman–Crippen LogP) is 2.33. The second-order valence-electron chi connectivity index (χ2n) is 4.84. The molecule has 1 aromatic heterocycles. The molecule has 1 unspecified atom stereocenters. The van der Waals surface area contributed by atoms with E-state index in [1.54, 1.807) is 18.3 Å². The van der Waals surface area contributed by atoms with Crippen LogP contribution in [0.5, 0.6) is 5.75 Å². The summed E-state index contributed by atoms with van der Waals surface area (Å²) in [4.78, 5) is 11.0. The molecule has 20 heavy (non-hydrogen) atoms. The van der Waals surface area contributed by atoms with Gasteiger partial charge in [0.2, 0.25) is 0 Å². The molecule has 0 saturated carbocycles. The second kappa shape index (κ2) is 6.18. The number of hydrogen-bond donors (Lipinski definition) is 3. The molecular weight excluding hydrogens is 258 g/mol. The molecule has 0 fully saturated rings. The van der Waals surface area contributed by atoms with E-state index in [0.717, 1.165) is 30.5 Å². The molecule has 106 valence electrons. The van der Waals surface area contributed by atoms with Gasteiger partial charge >= 0.3 is 5.97 Å². The van der Waals surface area contributed by atoms with E-state index in [4.69, 9.17) is 5.11 Å². The standard InChI is InChI=1S/C14H17N3O3/c1-9(3-2-4-11-8-15-17-16-11)10-5-6-13(18)12(7-10)14(19)20/h5-9,18H,2-4H2,1H3,(H,19,20)(H,15,16,17). The smallest absolute Gasteiger partial charge is 0.339 e. The molecule has 6 nitrogen and oxygen atoms in total. The minimum atomic E-state index is -1.11. The summed E-state index contributed by atoms with van der Waals surface area (Å²) in [7, 11) is 0. The summed E-state index contributed by atoms with van der Waals surface area (Å²) in [6.45, 7) is 2.04. The highest BCUT2D eigenvalue weighted by Crippen LogP contribution is 2.26. The predicted molar refractivity (Wildman–Crippen MR) is 72.8 cm³/mol. The maximum Gasteiger partial charge on any atom is 0.339 e. The van der Waals surface area contributed by atoms with Crippen molar-refractivity contribution in [1.29, 1.82) is 0 Å². The number of hydrogen-bond acceptors (Lipinski definition) is 4. The lowest BCUT2D eigenvalue weighted by molar-refractivity contribution is 0.0693. The summed E-state index contributed by atoms with van der Waals surface area (Å²) in [5.74, 6) is -1.09. The Hall–Kier alpha value is -2.37. The lowest BCUT2D eigenvalue weighted by atomic mass is 9.93. The normalized spacial score (nSPS) is 12.2. The number of nitrogens with zero attached hydrogens (tertiary/aromatic N) is 2. The SMILES string of the molecule is CC(CCCc1cn[nH]n1)c1ccc(O)c(C(=O)O)c1. The third kappa shape index (κ3) is 3.34. The molecule has 1 atom stereocenters. The zero-order chi connectivity index (χ0) is 14.5. The first-order valence-corrected chi connectivity index (χ1v) is 6.48. The number of phenols is 1. The molecule has 0 aliphatic heterocycles. The third-order valence-corrected chi connectivity index (χ3v) is 3.36. The first kappa shape index (κ1) is 14.0. The van der Waals surface area contributed by atoms with Crippen LogP contribution in [0.15, 0.2) is 24.4 Å². The number of aromatic amines is 1. The number of aromatic hydroxyl groups is 1. The Labute approximate surface area is 116 Å². The van der Waals surface area contributed by atoms with Crippen LogP contribution < -0.4 is 0 Å². The number of carbonyl (C=O) groups is 1. The van der Waals surface area contributed by atoms with Crippen molar-refractivity contribution in [2.24, 2.45) is 0 Å². The van der Waals surface area contributed by atoms with E-state index in [2.05, 4.69) is 15.4 Å². The van der Waals surface area contributed by atoms with Gasteiger partial charge in [0.15, 0.2) is 0 Å². The fourth-order valence-electron chi connectivity index (χ4n) is 2.13. The first-order valence-electron chi connectivity index (χ1n) is 6.48. The minimum absolute atomic E-state index is 0.0501. The van der Waals surface area contributed by atoms with Gasteiger partial charge in [0.25, 0.3) is 0 Å². The van der Waals surface area contributed by atoms with Crippen molar-refractivity contribution < 1.29 is 15.0 Å². The topological polar surface area (TPSA) is 99.1 Å². The van der Waals surface area contributed by atoms with Crippen LogP contribution in [-0.4, -0.2) is 31.6 Å². The molecule has 0 saturated heterocycles. The van der Waals surface area contributed by atoms with Gasteiger partial charge in [0.05, 0.1) is 11.9 Å². The summed E-state index contributed by atoms with van der Waals surface area (Å²) >= 11 is 0. The summed E-state index contributed by atoms with van der Waals surface area (Å²) in [6.07, 6.45) is 4.39. The van der Waals surface area contributed by atoms with E-state index < -0.39 is 5.97 Å². The van der Waals surface area contributed by atoms with Gasteiger partial charge in [-0.3, -0.25) is 0 Å². The van der Waals surface area contributed by atoms with Crippen molar-refractivity contribution in [3.63, 3.8) is 0 Å². The molecule has 0 aliphatic rings. The van der Waals surface area contributed by atoms with Gasteiger partial charge in [-0.1, -0.05) is 13.0 Å². The summed E-state index contributed by atoms with van der Waals surface area (Å²) in [5.41, 5.74) is 1.79. The van der Waals surface area contributed by atoms with Gasteiger partial charge in [-0.2, -0.15) is 15.4 Å². The number of rotatable bonds is 6. The lowest BCUT2D eigenvalue weighted by Gasteiger charge is -2.12. The highest BCUT2D eigenvalue weighted by molar-refractivity contribution is 5.90. The van der Waals surface area contributed by atoms with Crippen molar-refractivity contribution in [1.82, 2.24) is 15.4 Å². The van der Waals surface area contributed by atoms with Crippen LogP contribution in [0.25, 0.3) is 0 Å². The lowest BCUT2D eigenvalue weighted by Crippen LogP contribution is -2.01. The molecule has 0 aliphatic carbocycles. The molecule has 2 aromatic rings. The fraction of sp³-hybridized carbons (Fsp3) is 0.357. The number of nitrogens with one attached hydrogen (secondary N) is 1. The molecule has 1 heterocycles. The average Bonchev–Trinajstić information content (AvgIpc) is 2.92. The van der Waals surface area contributed by atoms with Crippen molar-refractivity contribution >= 4 is 5.97 Å². The Morgan fingerprint density at radius 2 is 2.25 bits per heavy atom. The molecule has 1 aromatic carbocycles. The van der Waals surface area contributed by atoms with Gasteiger partial charge in [0, 0.05) is 0 Å². The van der Waals surface area contributed by atoms with Gasteiger partial charge in [-0.25, -0.2) is 4.79 Å². The van der Waals surface area contributed by atoms with Crippen molar-refractivity contribution in [2.45, 2.75) is 32.1 Å². The Morgan fingerprint density at radius 3 is 2.90 bits per heavy atom. The maximum atomic E-state index is 11.0. The molecule has 0 radical (unpaired) electrons. The quantitative estimate of drug-likeness (QED) is 0.751. The van der Waals surface area contributed by atoms with Gasteiger partial charge < -0.3 is 10.2 Å². The largest absolute Gasteiger partial charge is 0.507 e. The Balaban J connectivity index is 1.96. The van der Waals surface area contributed by atoms with Gasteiger partial charge in [-0.05, 0) is 42.9 Å². The monoisotopic (exact) mass is 275 g/mol. The van der Waals surface area contributed by atoms with Crippen LogP contribution in [0.2, 0.25) is 0 Å². The number of carboxylic acids is 1. The third-order valence-electron chi connectivity index (χ3n) is 3.36. The summed E-state index contributed by atoms with van der Waals surface area (Å²) in [5, 5.41) is 28.8. The van der Waals surface area contributed by atoms with Crippen LogP contribution in [0.3, 0.4) is 0 Å². The molecule has 0 spiro atoms. The molecule has 0 amide bonds. The number of aromatic nitrogens is 3. The van der Waals surface area contributed by atoms with E-state index in [9.17, 15) is 9.90 Å². The number of H-pyrrole nitrogens is 1. The Morgan fingerprint density at radius 1 is 1.45 bits per heavy atom. The molecule has 3 N–H and O–H groups in total. The second-order valence-corrected chi connectivity index (χ2v) is 4.84. The highest BCUT2D eigenvalue weighted by Gasteiger charge is 2.13. The highest BCUT2D eigenvalue weighted by atomic mass is 16.4. The maximum absolute atomic E-state index is 11.0. The zero-order valence-corrected chi connectivity index (χ0v) is 11.2. The molecule has 0 bridgehead atoms. The fourth-order valence-corrected chi connectivity index (χ4v) is 2.13. The molecule has 6 heteroatoms. The molecule has 2 rings (SSSR count). The van der Waals surface area contributed by atoms with Crippen molar-refractivity contribution in [2.75, 3.05) is 0 Å². The number of aryl methyl sites for hydroxylation is 1. The van der Waals surface area contributed by atoms with Crippen LogP contribution in [0.4, 0.5) is 0 Å². The van der Waals surface area contributed by atoms with E-state index in [0.29, 0.717) is 0 Å². The van der Waals surface area contributed by atoms with E-state index in [1.165, 1.54) is 6.07 Å². The summed E-state index contributed by atoms with van der Waals surface area (Å²) in [6, 6.07) is 4.74. The van der Waals surface area contributed by atoms with E-state index in [-0.39, 0.29) is 17.2 Å². The number of aromatic carboxylic acids is 1. The zero-order valence-electron chi connectivity index (χ0n) is 11.2. The van der Waals surface area contributed by atoms with Crippen molar-refractivity contribution in [3.05, 3.63) is 41.2 Å². The van der Waals surface area contributed by atoms with E-state index >= 15 is 0 Å².